The summed E-state index contributed by atoms with van der Waals surface area (Å²) in [6.45, 7) is 0.996. The van der Waals surface area contributed by atoms with Gasteiger partial charge in [-0.2, -0.15) is 0 Å². The Balaban J connectivity index is 2.20. The Labute approximate surface area is 143 Å². The van der Waals surface area contributed by atoms with Gasteiger partial charge >= 0.3 is 0 Å². The zero-order valence-corrected chi connectivity index (χ0v) is 14.7. The fourth-order valence-corrected chi connectivity index (χ4v) is 3.39. The summed E-state index contributed by atoms with van der Waals surface area (Å²) in [6.07, 6.45) is 1.20. The van der Waals surface area contributed by atoms with E-state index in [9.17, 15) is 13.2 Å². The molecular formula is C18H22N2O3S. The molecule has 0 saturated carbocycles. The van der Waals surface area contributed by atoms with E-state index in [4.69, 9.17) is 0 Å². The molecule has 0 saturated heterocycles. The van der Waals surface area contributed by atoms with E-state index in [1.165, 1.54) is 0 Å². The molecule has 128 valence electrons. The van der Waals surface area contributed by atoms with Crippen LogP contribution in [0.4, 0.5) is 0 Å². The molecule has 2 rings (SSSR count). The zero-order chi connectivity index (χ0) is 17.6. The number of hydrogen-bond acceptors (Lipinski definition) is 4. The molecule has 0 heterocycles. The van der Waals surface area contributed by atoms with Crippen LogP contribution in [-0.2, 0) is 21.2 Å². The number of rotatable bonds is 8. The van der Waals surface area contributed by atoms with Crippen LogP contribution >= 0.6 is 0 Å². The average Bonchev–Trinajstić information content (AvgIpc) is 2.55. The molecule has 2 aromatic carbocycles. The Kier molecular flexibility index (Phi) is 6.25. The second-order valence-corrected chi connectivity index (χ2v) is 7.52. The van der Waals surface area contributed by atoms with E-state index in [0.717, 1.165) is 23.0 Å². The molecule has 0 fully saturated rings. The lowest BCUT2D eigenvalue weighted by molar-refractivity contribution is -0.107. The molecule has 0 spiro atoms. The van der Waals surface area contributed by atoms with E-state index < -0.39 is 10.0 Å². The van der Waals surface area contributed by atoms with Gasteiger partial charge in [0.25, 0.3) is 0 Å². The lowest BCUT2D eigenvalue weighted by Crippen LogP contribution is -2.31. The van der Waals surface area contributed by atoms with E-state index in [1.807, 2.05) is 43.3 Å². The Hall–Kier alpha value is -2.02. The van der Waals surface area contributed by atoms with Crippen molar-refractivity contribution in [1.82, 2.24) is 9.62 Å². The van der Waals surface area contributed by atoms with E-state index in [0.29, 0.717) is 19.5 Å². The lowest BCUT2D eigenvalue weighted by Gasteiger charge is -2.12. The molecular weight excluding hydrogens is 324 g/mol. The molecule has 0 unspecified atom stereocenters. The predicted octanol–water partition coefficient (Wildman–Crippen LogP) is 1.93. The second-order valence-electron chi connectivity index (χ2n) is 5.75. The smallest absolute Gasteiger partial charge is 0.240 e. The van der Waals surface area contributed by atoms with E-state index in [2.05, 4.69) is 4.72 Å². The molecule has 2 aromatic rings. The van der Waals surface area contributed by atoms with Crippen molar-refractivity contribution in [3.05, 3.63) is 54.1 Å². The second kappa shape index (κ2) is 8.19. The highest BCUT2D eigenvalue weighted by Gasteiger charge is 2.14. The Morgan fingerprint density at radius 2 is 1.71 bits per heavy atom. The third kappa shape index (κ3) is 4.74. The van der Waals surface area contributed by atoms with Crippen LogP contribution in [0.3, 0.4) is 0 Å². The van der Waals surface area contributed by atoms with Gasteiger partial charge in [0.15, 0.2) is 0 Å². The van der Waals surface area contributed by atoms with Gasteiger partial charge < -0.3 is 9.69 Å². The van der Waals surface area contributed by atoms with Crippen LogP contribution in [-0.4, -0.2) is 46.8 Å². The molecule has 0 radical (unpaired) electrons. The maximum Gasteiger partial charge on any atom is 0.240 e. The Morgan fingerprint density at radius 1 is 1.04 bits per heavy atom. The minimum absolute atomic E-state index is 0.234. The fraction of sp³-hybridized carbons (Fsp3) is 0.278. The van der Waals surface area contributed by atoms with Gasteiger partial charge in [-0.05, 0) is 42.9 Å². The highest BCUT2D eigenvalue weighted by Crippen LogP contribution is 2.25. The normalized spacial score (nSPS) is 11.6. The first kappa shape index (κ1) is 18.3. The van der Waals surface area contributed by atoms with Crippen molar-refractivity contribution in [3.63, 3.8) is 0 Å². The number of carbonyl (C=O) groups is 1. The highest BCUT2D eigenvalue weighted by molar-refractivity contribution is 7.89. The number of aldehydes is 1. The van der Waals surface area contributed by atoms with E-state index >= 15 is 0 Å². The molecule has 6 heteroatoms. The monoisotopic (exact) mass is 346 g/mol. The van der Waals surface area contributed by atoms with Crippen LogP contribution in [0.25, 0.3) is 11.1 Å². The van der Waals surface area contributed by atoms with Crippen molar-refractivity contribution in [2.75, 3.05) is 27.2 Å². The molecule has 0 aliphatic rings. The van der Waals surface area contributed by atoms with E-state index in [1.54, 1.807) is 24.3 Å². The van der Waals surface area contributed by atoms with Gasteiger partial charge in [-0.15, -0.1) is 0 Å². The van der Waals surface area contributed by atoms with Crippen molar-refractivity contribution in [2.45, 2.75) is 11.3 Å². The van der Waals surface area contributed by atoms with Gasteiger partial charge in [0.05, 0.1) is 4.90 Å². The zero-order valence-electron chi connectivity index (χ0n) is 13.9. The topological polar surface area (TPSA) is 66.5 Å². The summed E-state index contributed by atoms with van der Waals surface area (Å²) in [5.74, 6) is 0. The average molecular weight is 346 g/mol. The van der Waals surface area contributed by atoms with Gasteiger partial charge in [0.1, 0.15) is 6.29 Å². The summed E-state index contributed by atoms with van der Waals surface area (Å²) < 4.78 is 27.1. The summed E-state index contributed by atoms with van der Waals surface area (Å²) in [6, 6.07) is 14.3. The SMILES string of the molecule is CN(C)CCNS(=O)(=O)c1ccc(-c2ccccc2CC=O)cc1. The molecule has 0 amide bonds. The van der Waals surface area contributed by atoms with Crippen molar-refractivity contribution >= 4 is 16.3 Å². The quantitative estimate of drug-likeness (QED) is 0.742. The maximum atomic E-state index is 12.3. The third-order valence-electron chi connectivity index (χ3n) is 3.65. The number of likely N-dealkylation sites (N-methyl/N-ethyl adjacent to an activating group) is 1. The fourth-order valence-electron chi connectivity index (χ4n) is 2.37. The minimum atomic E-state index is -3.51. The summed E-state index contributed by atoms with van der Waals surface area (Å²) in [7, 11) is 0.269. The van der Waals surface area contributed by atoms with Crippen molar-refractivity contribution < 1.29 is 13.2 Å². The van der Waals surface area contributed by atoms with E-state index in [-0.39, 0.29) is 4.90 Å². The summed E-state index contributed by atoms with van der Waals surface area (Å²) in [5, 5.41) is 0. The molecule has 1 N–H and O–H groups in total. The number of nitrogens with zero attached hydrogens (tertiary/aromatic N) is 1. The summed E-state index contributed by atoms with van der Waals surface area (Å²) >= 11 is 0. The molecule has 0 aliphatic heterocycles. The Bertz CT molecular complexity index is 784. The van der Waals surface area contributed by atoms with Crippen LogP contribution in [0.1, 0.15) is 5.56 Å². The van der Waals surface area contributed by atoms with Gasteiger partial charge in [0.2, 0.25) is 10.0 Å². The number of carbonyl (C=O) groups excluding carboxylic acids is 1. The summed E-state index contributed by atoms with van der Waals surface area (Å²) in [5.41, 5.74) is 2.75. The number of sulfonamides is 1. The maximum absolute atomic E-state index is 12.3. The van der Waals surface area contributed by atoms with Gasteiger partial charge in [-0.25, -0.2) is 13.1 Å². The molecule has 0 bridgehead atoms. The number of nitrogens with one attached hydrogen (secondary N) is 1. The molecule has 0 atom stereocenters. The predicted molar refractivity (Wildman–Crippen MR) is 95.4 cm³/mol. The largest absolute Gasteiger partial charge is 0.308 e. The molecule has 5 nitrogen and oxygen atoms in total. The highest BCUT2D eigenvalue weighted by atomic mass is 32.2. The third-order valence-corrected chi connectivity index (χ3v) is 5.12. The van der Waals surface area contributed by atoms with Crippen molar-refractivity contribution in [3.8, 4) is 11.1 Å². The first-order valence-electron chi connectivity index (χ1n) is 7.70. The van der Waals surface area contributed by atoms with Gasteiger partial charge in [-0.3, -0.25) is 0 Å². The van der Waals surface area contributed by atoms with Crippen LogP contribution in [0.15, 0.2) is 53.4 Å². The minimum Gasteiger partial charge on any atom is -0.308 e. The molecule has 0 aliphatic carbocycles. The van der Waals surface area contributed by atoms with Gasteiger partial charge in [0, 0.05) is 19.5 Å². The number of benzene rings is 2. The van der Waals surface area contributed by atoms with Gasteiger partial charge in [-0.1, -0.05) is 36.4 Å². The first-order valence-corrected chi connectivity index (χ1v) is 9.19. The lowest BCUT2D eigenvalue weighted by atomic mass is 9.98. The molecule has 0 aromatic heterocycles. The number of hydrogen-bond donors (Lipinski definition) is 1. The van der Waals surface area contributed by atoms with Crippen molar-refractivity contribution in [2.24, 2.45) is 0 Å². The van der Waals surface area contributed by atoms with Crippen LogP contribution in [0, 0.1) is 0 Å². The van der Waals surface area contributed by atoms with Crippen LogP contribution in [0.2, 0.25) is 0 Å². The molecule has 24 heavy (non-hydrogen) atoms. The summed E-state index contributed by atoms with van der Waals surface area (Å²) in [4.78, 5) is 12.9. The van der Waals surface area contributed by atoms with Crippen LogP contribution < -0.4 is 4.72 Å². The Morgan fingerprint density at radius 3 is 2.33 bits per heavy atom. The first-order chi connectivity index (χ1) is 11.4. The van der Waals surface area contributed by atoms with Crippen molar-refractivity contribution in [1.29, 1.82) is 0 Å². The van der Waals surface area contributed by atoms with Crippen LogP contribution in [0.5, 0.6) is 0 Å². The standard InChI is InChI=1S/C18H22N2O3S/c1-20(2)13-12-19-24(22,23)17-9-7-16(8-10-17)18-6-4-3-5-15(18)11-14-21/h3-10,14,19H,11-13H2,1-2H3.